The van der Waals surface area contributed by atoms with Crippen LogP contribution in [0.15, 0.2) is 160 Å². The fourth-order valence-corrected chi connectivity index (χ4v) is 9.76. The van der Waals surface area contributed by atoms with E-state index in [2.05, 4.69) is 103 Å². The lowest BCUT2D eigenvalue weighted by Crippen LogP contribution is -2.27. The molecule has 0 bridgehead atoms. The summed E-state index contributed by atoms with van der Waals surface area (Å²) in [5.41, 5.74) is 14.2. The van der Waals surface area contributed by atoms with Gasteiger partial charge in [-0.3, -0.25) is 0 Å². The van der Waals surface area contributed by atoms with Crippen LogP contribution in [0.5, 0.6) is 0 Å². The molecule has 0 unspecified atom stereocenters. The van der Waals surface area contributed by atoms with E-state index in [0.29, 0.717) is 17.5 Å². The lowest BCUT2D eigenvalue weighted by molar-refractivity contribution is 0.353. The van der Waals surface area contributed by atoms with Gasteiger partial charge in [0.15, 0.2) is 17.5 Å². The molecule has 266 valence electrons. The SMILES string of the molecule is c1cc(-c2nc(-c3ccc4c(c3)oc3ccccc34)nc(-c3ccc4c(c3)oc3ccccc34)n2)cc(-c2cccc3c2-c2ccccc2C32CCCCC2)c1. The van der Waals surface area contributed by atoms with Crippen molar-refractivity contribution in [2.75, 3.05) is 0 Å². The Morgan fingerprint density at radius 1 is 0.375 bits per heavy atom. The highest BCUT2D eigenvalue weighted by Crippen LogP contribution is 2.57. The maximum Gasteiger partial charge on any atom is 0.164 e. The fourth-order valence-electron chi connectivity index (χ4n) is 9.76. The summed E-state index contributed by atoms with van der Waals surface area (Å²) in [5.74, 6) is 1.77. The summed E-state index contributed by atoms with van der Waals surface area (Å²) in [6.07, 6.45) is 6.26. The second-order valence-electron chi connectivity index (χ2n) is 15.4. The van der Waals surface area contributed by atoms with Gasteiger partial charge in [0, 0.05) is 43.7 Å². The van der Waals surface area contributed by atoms with E-state index < -0.39 is 0 Å². The summed E-state index contributed by atoms with van der Waals surface area (Å²) in [4.78, 5) is 15.5. The topological polar surface area (TPSA) is 65.0 Å². The highest BCUT2D eigenvalue weighted by Gasteiger charge is 2.44. The Hall–Kier alpha value is -6.85. The van der Waals surface area contributed by atoms with E-state index in [0.717, 1.165) is 66.1 Å². The minimum atomic E-state index is 0.0949. The van der Waals surface area contributed by atoms with E-state index in [9.17, 15) is 0 Å². The van der Waals surface area contributed by atoms with E-state index in [4.69, 9.17) is 23.8 Å². The summed E-state index contributed by atoms with van der Waals surface area (Å²) < 4.78 is 12.6. The smallest absolute Gasteiger partial charge is 0.164 e. The molecule has 2 aliphatic carbocycles. The van der Waals surface area contributed by atoms with Gasteiger partial charge in [-0.05, 0) is 88.7 Å². The molecule has 0 saturated heterocycles. The summed E-state index contributed by atoms with van der Waals surface area (Å²) in [6, 6.07) is 53.5. The molecule has 7 aromatic carbocycles. The van der Waals surface area contributed by atoms with Gasteiger partial charge in [-0.1, -0.05) is 128 Å². The number of hydrogen-bond donors (Lipinski definition) is 0. The number of benzene rings is 7. The quantitative estimate of drug-likeness (QED) is 0.181. The van der Waals surface area contributed by atoms with Crippen LogP contribution in [0.25, 0.3) is 100 Å². The molecule has 2 aliphatic rings. The molecule has 0 atom stereocenters. The third kappa shape index (κ3) is 4.70. The Kier molecular flexibility index (Phi) is 6.79. The van der Waals surface area contributed by atoms with Crippen molar-refractivity contribution in [3.8, 4) is 56.4 Å². The van der Waals surface area contributed by atoms with Gasteiger partial charge in [0.05, 0.1) is 0 Å². The van der Waals surface area contributed by atoms with Gasteiger partial charge in [0.25, 0.3) is 0 Å². The monoisotopic (exact) mass is 721 g/mol. The lowest BCUT2D eigenvalue weighted by atomic mass is 9.68. The molecule has 1 saturated carbocycles. The van der Waals surface area contributed by atoms with Crippen molar-refractivity contribution in [1.29, 1.82) is 0 Å². The van der Waals surface area contributed by atoms with Gasteiger partial charge in [0.2, 0.25) is 0 Å². The number of hydrogen-bond acceptors (Lipinski definition) is 5. The third-order valence-electron chi connectivity index (χ3n) is 12.3. The highest BCUT2D eigenvalue weighted by atomic mass is 16.3. The zero-order valence-corrected chi connectivity index (χ0v) is 30.6. The first kappa shape index (κ1) is 31.5. The van der Waals surface area contributed by atoms with Crippen molar-refractivity contribution in [3.05, 3.63) is 163 Å². The average molecular weight is 722 g/mol. The number of para-hydroxylation sites is 2. The molecule has 5 nitrogen and oxygen atoms in total. The summed E-state index contributed by atoms with van der Waals surface area (Å²) >= 11 is 0. The molecule has 12 rings (SSSR count). The van der Waals surface area contributed by atoms with Crippen LogP contribution in [0.3, 0.4) is 0 Å². The predicted molar refractivity (Wildman–Crippen MR) is 225 cm³/mol. The molecule has 3 aromatic heterocycles. The molecule has 0 aliphatic heterocycles. The van der Waals surface area contributed by atoms with Crippen molar-refractivity contribution < 1.29 is 8.83 Å². The molecule has 1 spiro atoms. The molecule has 0 N–H and O–H groups in total. The van der Waals surface area contributed by atoms with Gasteiger partial charge in [0.1, 0.15) is 22.3 Å². The van der Waals surface area contributed by atoms with Crippen molar-refractivity contribution in [3.63, 3.8) is 0 Å². The third-order valence-corrected chi connectivity index (χ3v) is 12.3. The van der Waals surface area contributed by atoms with E-state index in [1.165, 1.54) is 59.9 Å². The summed E-state index contributed by atoms with van der Waals surface area (Å²) in [6.45, 7) is 0. The van der Waals surface area contributed by atoms with E-state index >= 15 is 0 Å². The minimum Gasteiger partial charge on any atom is -0.456 e. The van der Waals surface area contributed by atoms with Crippen LogP contribution in [-0.2, 0) is 5.41 Å². The second-order valence-corrected chi connectivity index (χ2v) is 15.4. The minimum absolute atomic E-state index is 0.0949. The second kappa shape index (κ2) is 12.1. The first-order chi connectivity index (χ1) is 27.7. The summed E-state index contributed by atoms with van der Waals surface area (Å²) in [7, 11) is 0. The summed E-state index contributed by atoms with van der Waals surface area (Å²) in [5, 5.41) is 4.31. The van der Waals surface area contributed by atoms with Gasteiger partial charge in [-0.2, -0.15) is 0 Å². The Bertz CT molecular complexity index is 3070. The molecule has 3 heterocycles. The van der Waals surface area contributed by atoms with Gasteiger partial charge >= 0.3 is 0 Å². The number of rotatable bonds is 4. The maximum atomic E-state index is 6.31. The Labute approximate surface area is 323 Å². The first-order valence-corrected chi connectivity index (χ1v) is 19.6. The van der Waals surface area contributed by atoms with Gasteiger partial charge in [-0.25, -0.2) is 15.0 Å². The molecule has 5 heteroatoms. The molecule has 0 amide bonds. The number of aromatic nitrogens is 3. The van der Waals surface area contributed by atoms with E-state index in [1.807, 2.05) is 48.5 Å². The fraction of sp³-hybridized carbons (Fsp3) is 0.118. The Morgan fingerprint density at radius 2 is 0.875 bits per heavy atom. The molecule has 10 aromatic rings. The van der Waals surface area contributed by atoms with Crippen molar-refractivity contribution >= 4 is 43.9 Å². The molecule has 1 fully saturated rings. The van der Waals surface area contributed by atoms with E-state index in [-0.39, 0.29) is 5.41 Å². The molecular weight excluding hydrogens is 687 g/mol. The molecule has 0 radical (unpaired) electrons. The Balaban J connectivity index is 1.03. The van der Waals surface area contributed by atoms with Crippen LogP contribution in [0.4, 0.5) is 0 Å². The van der Waals surface area contributed by atoms with Crippen LogP contribution in [0, 0.1) is 0 Å². The first-order valence-electron chi connectivity index (χ1n) is 19.6. The van der Waals surface area contributed by atoms with Crippen LogP contribution >= 0.6 is 0 Å². The van der Waals surface area contributed by atoms with E-state index in [1.54, 1.807) is 0 Å². The lowest BCUT2D eigenvalue weighted by Gasteiger charge is -2.36. The van der Waals surface area contributed by atoms with Crippen LogP contribution in [-0.4, -0.2) is 15.0 Å². The van der Waals surface area contributed by atoms with Crippen molar-refractivity contribution in [2.24, 2.45) is 0 Å². The highest BCUT2D eigenvalue weighted by molar-refractivity contribution is 6.07. The van der Waals surface area contributed by atoms with Crippen LogP contribution < -0.4 is 0 Å². The standard InChI is InChI=1S/C51H35N3O2/c1-8-26-51(27-9-1)41-18-5-2-16-40(41)47-35(17-11-19-42(47)51)31-12-10-13-32(28-31)48-52-49(33-22-24-38-36-14-3-6-20-43(36)55-45(38)29-33)54-50(53-48)34-23-25-39-37-15-4-7-21-44(37)56-46(39)30-34/h2-7,10-25,28-30H,1,8-9,26-27H2. The van der Waals surface area contributed by atoms with Crippen molar-refractivity contribution in [1.82, 2.24) is 15.0 Å². The predicted octanol–water partition coefficient (Wildman–Crippen LogP) is 13.6. The number of furan rings is 2. The number of nitrogens with zero attached hydrogens (tertiary/aromatic N) is 3. The van der Waals surface area contributed by atoms with Crippen LogP contribution in [0.1, 0.15) is 43.2 Å². The van der Waals surface area contributed by atoms with Crippen molar-refractivity contribution in [2.45, 2.75) is 37.5 Å². The number of fused-ring (bicyclic) bond motifs is 11. The molecule has 56 heavy (non-hydrogen) atoms. The molecular formula is C51H35N3O2. The zero-order chi connectivity index (χ0) is 36.8. The van der Waals surface area contributed by atoms with Gasteiger partial charge < -0.3 is 8.83 Å². The van der Waals surface area contributed by atoms with Gasteiger partial charge in [-0.15, -0.1) is 0 Å². The normalized spacial score (nSPS) is 14.6. The zero-order valence-electron chi connectivity index (χ0n) is 30.6. The average Bonchev–Trinajstić information content (AvgIpc) is 3.91. The largest absolute Gasteiger partial charge is 0.456 e. The Morgan fingerprint density at radius 3 is 1.54 bits per heavy atom. The maximum absolute atomic E-state index is 6.31. The van der Waals surface area contributed by atoms with Crippen LogP contribution in [0.2, 0.25) is 0 Å².